The van der Waals surface area contributed by atoms with Gasteiger partial charge in [-0.25, -0.2) is 4.39 Å². The van der Waals surface area contributed by atoms with Crippen LogP contribution in [0.4, 0.5) is 10.1 Å². The van der Waals surface area contributed by atoms with Gasteiger partial charge in [-0.15, -0.1) is 0 Å². The van der Waals surface area contributed by atoms with Crippen molar-refractivity contribution in [3.63, 3.8) is 0 Å². The van der Waals surface area contributed by atoms with Gasteiger partial charge in [-0.1, -0.05) is 0 Å². The van der Waals surface area contributed by atoms with E-state index in [2.05, 4.69) is 24.2 Å². The zero-order valence-electron chi connectivity index (χ0n) is 10.8. The molecule has 1 aliphatic heterocycles. The van der Waals surface area contributed by atoms with Gasteiger partial charge < -0.3 is 10.2 Å². The lowest BCUT2D eigenvalue weighted by atomic mass is 9.98. The van der Waals surface area contributed by atoms with Crippen molar-refractivity contribution in [2.75, 3.05) is 18.9 Å². The van der Waals surface area contributed by atoms with E-state index in [1.54, 1.807) is 12.1 Å². The summed E-state index contributed by atoms with van der Waals surface area (Å²) < 4.78 is 13.7. The van der Waals surface area contributed by atoms with Crippen LogP contribution in [0.3, 0.4) is 0 Å². The topological polar surface area (TPSA) is 39.1 Å². The predicted octanol–water partition coefficient (Wildman–Crippen LogP) is 2.59. The van der Waals surface area contributed by atoms with Crippen molar-refractivity contribution in [1.29, 1.82) is 5.26 Å². The maximum atomic E-state index is 13.7. The summed E-state index contributed by atoms with van der Waals surface area (Å²) in [7, 11) is 2.11. The quantitative estimate of drug-likeness (QED) is 0.873. The number of piperidine rings is 1. The number of anilines is 1. The molecule has 2 unspecified atom stereocenters. The van der Waals surface area contributed by atoms with Crippen molar-refractivity contribution in [3.05, 3.63) is 29.6 Å². The molecule has 2 rings (SSSR count). The number of nitrogens with zero attached hydrogens (tertiary/aromatic N) is 2. The van der Waals surface area contributed by atoms with Crippen molar-refractivity contribution >= 4 is 5.69 Å². The van der Waals surface area contributed by atoms with Crippen LogP contribution in [0.5, 0.6) is 0 Å². The number of nitriles is 1. The van der Waals surface area contributed by atoms with Crippen LogP contribution in [0.15, 0.2) is 18.2 Å². The Morgan fingerprint density at radius 3 is 2.89 bits per heavy atom. The zero-order chi connectivity index (χ0) is 13.1. The Hall–Kier alpha value is -1.60. The minimum Gasteiger partial charge on any atom is -0.380 e. The highest BCUT2D eigenvalue weighted by molar-refractivity contribution is 5.49. The molecule has 0 aliphatic carbocycles. The van der Waals surface area contributed by atoms with Gasteiger partial charge in [-0.2, -0.15) is 5.26 Å². The molecule has 4 heteroatoms. The van der Waals surface area contributed by atoms with E-state index in [1.165, 1.54) is 6.07 Å². The molecule has 3 nitrogen and oxygen atoms in total. The largest absolute Gasteiger partial charge is 0.380 e. The summed E-state index contributed by atoms with van der Waals surface area (Å²) in [6.07, 6.45) is 2.02. The Balaban J connectivity index is 2.04. The van der Waals surface area contributed by atoms with Gasteiger partial charge in [0.2, 0.25) is 0 Å². The molecule has 1 aliphatic rings. The molecule has 0 spiro atoms. The van der Waals surface area contributed by atoms with Crippen LogP contribution in [0.2, 0.25) is 0 Å². The highest BCUT2D eigenvalue weighted by atomic mass is 19.1. The van der Waals surface area contributed by atoms with E-state index in [9.17, 15) is 4.39 Å². The minimum absolute atomic E-state index is 0.304. The highest BCUT2D eigenvalue weighted by Crippen LogP contribution is 2.22. The van der Waals surface area contributed by atoms with E-state index in [4.69, 9.17) is 5.26 Å². The smallest absolute Gasteiger partial charge is 0.147 e. The summed E-state index contributed by atoms with van der Waals surface area (Å²) in [6.45, 7) is 3.21. The molecule has 0 radical (unpaired) electrons. The van der Waals surface area contributed by atoms with E-state index in [-0.39, 0.29) is 5.82 Å². The molecule has 0 bridgehead atoms. The summed E-state index contributed by atoms with van der Waals surface area (Å²) in [5, 5.41) is 11.9. The van der Waals surface area contributed by atoms with Gasteiger partial charge in [0.05, 0.1) is 17.3 Å². The summed E-state index contributed by atoms with van der Waals surface area (Å²) in [4.78, 5) is 2.31. The first-order chi connectivity index (χ1) is 8.60. The molecule has 1 N–H and O–H groups in total. The Kier molecular flexibility index (Phi) is 3.83. The number of halogens is 1. The second-order valence-electron chi connectivity index (χ2n) is 5.00. The molecule has 1 heterocycles. The molecule has 2 atom stereocenters. The SMILES string of the molecule is CC1CC(Nc2ccc(C#N)cc2F)CCN1C. The maximum Gasteiger partial charge on any atom is 0.147 e. The van der Waals surface area contributed by atoms with Crippen molar-refractivity contribution in [2.45, 2.75) is 31.8 Å². The van der Waals surface area contributed by atoms with Crippen LogP contribution in [0.25, 0.3) is 0 Å². The number of likely N-dealkylation sites (tertiary alicyclic amines) is 1. The Labute approximate surface area is 107 Å². The van der Waals surface area contributed by atoms with Crippen LogP contribution in [-0.2, 0) is 0 Å². The summed E-state index contributed by atoms with van der Waals surface area (Å²) >= 11 is 0. The highest BCUT2D eigenvalue weighted by Gasteiger charge is 2.23. The lowest BCUT2D eigenvalue weighted by Gasteiger charge is -2.35. The summed E-state index contributed by atoms with van der Waals surface area (Å²) in [5.41, 5.74) is 0.852. The van der Waals surface area contributed by atoms with E-state index >= 15 is 0 Å². The van der Waals surface area contributed by atoms with E-state index < -0.39 is 0 Å². The second kappa shape index (κ2) is 5.36. The number of nitrogens with one attached hydrogen (secondary N) is 1. The molecule has 96 valence electrons. The average molecular weight is 247 g/mol. The monoisotopic (exact) mass is 247 g/mol. The summed E-state index contributed by atoms with van der Waals surface area (Å²) in [5.74, 6) is -0.347. The molecule has 1 aromatic carbocycles. The fourth-order valence-corrected chi connectivity index (χ4v) is 2.34. The standard InChI is InChI=1S/C14H18FN3/c1-10-7-12(5-6-18(10)2)17-14-4-3-11(9-16)8-13(14)15/h3-4,8,10,12,17H,5-7H2,1-2H3. The third kappa shape index (κ3) is 2.80. The Bertz CT molecular complexity index is 467. The number of hydrogen-bond donors (Lipinski definition) is 1. The van der Waals surface area contributed by atoms with Crippen LogP contribution in [0, 0.1) is 17.1 Å². The van der Waals surface area contributed by atoms with Crippen LogP contribution >= 0.6 is 0 Å². The first-order valence-electron chi connectivity index (χ1n) is 6.26. The Morgan fingerprint density at radius 2 is 2.28 bits per heavy atom. The molecule has 1 fully saturated rings. The van der Waals surface area contributed by atoms with Crippen molar-refractivity contribution in [2.24, 2.45) is 0 Å². The zero-order valence-corrected chi connectivity index (χ0v) is 10.8. The fraction of sp³-hybridized carbons (Fsp3) is 0.500. The third-order valence-electron chi connectivity index (χ3n) is 3.67. The summed E-state index contributed by atoms with van der Waals surface area (Å²) in [6, 6.07) is 7.32. The van der Waals surface area contributed by atoms with E-state index in [1.807, 2.05) is 6.07 Å². The number of benzene rings is 1. The minimum atomic E-state index is -0.347. The van der Waals surface area contributed by atoms with E-state index in [0.29, 0.717) is 23.3 Å². The van der Waals surface area contributed by atoms with Crippen molar-refractivity contribution in [1.82, 2.24) is 4.90 Å². The van der Waals surface area contributed by atoms with Gasteiger partial charge in [-0.05, 0) is 45.0 Å². The molecule has 0 amide bonds. The Morgan fingerprint density at radius 1 is 1.50 bits per heavy atom. The van der Waals surface area contributed by atoms with Crippen molar-refractivity contribution < 1.29 is 4.39 Å². The molecule has 0 aromatic heterocycles. The maximum absolute atomic E-state index is 13.7. The third-order valence-corrected chi connectivity index (χ3v) is 3.67. The number of rotatable bonds is 2. The first kappa shape index (κ1) is 12.8. The van der Waals surface area contributed by atoms with Gasteiger partial charge in [0.25, 0.3) is 0 Å². The lowest BCUT2D eigenvalue weighted by molar-refractivity contribution is 0.190. The van der Waals surface area contributed by atoms with Crippen LogP contribution in [-0.4, -0.2) is 30.6 Å². The van der Waals surface area contributed by atoms with Gasteiger partial charge >= 0.3 is 0 Å². The van der Waals surface area contributed by atoms with Crippen molar-refractivity contribution in [3.8, 4) is 6.07 Å². The molecule has 1 saturated heterocycles. The normalized spacial score (nSPS) is 24.6. The molecular formula is C14H18FN3. The second-order valence-corrected chi connectivity index (χ2v) is 5.00. The van der Waals surface area contributed by atoms with Crippen LogP contribution in [0.1, 0.15) is 25.3 Å². The predicted molar refractivity (Wildman–Crippen MR) is 69.9 cm³/mol. The van der Waals surface area contributed by atoms with Gasteiger partial charge in [0.15, 0.2) is 0 Å². The molecule has 18 heavy (non-hydrogen) atoms. The number of hydrogen-bond acceptors (Lipinski definition) is 3. The van der Waals surface area contributed by atoms with Gasteiger partial charge in [0, 0.05) is 18.6 Å². The average Bonchev–Trinajstić information content (AvgIpc) is 2.36. The van der Waals surface area contributed by atoms with Gasteiger partial charge in [0.1, 0.15) is 5.82 Å². The van der Waals surface area contributed by atoms with E-state index in [0.717, 1.165) is 19.4 Å². The molecule has 0 saturated carbocycles. The lowest BCUT2D eigenvalue weighted by Crippen LogP contribution is -2.42. The van der Waals surface area contributed by atoms with Crippen LogP contribution < -0.4 is 5.32 Å². The fourth-order valence-electron chi connectivity index (χ4n) is 2.34. The first-order valence-corrected chi connectivity index (χ1v) is 6.26. The molecular weight excluding hydrogens is 229 g/mol. The molecule has 1 aromatic rings. The van der Waals surface area contributed by atoms with Gasteiger partial charge in [-0.3, -0.25) is 0 Å².